The van der Waals surface area contributed by atoms with Gasteiger partial charge in [-0.15, -0.1) is 0 Å². The molecule has 6 heteroatoms. The molecule has 2 aliphatic heterocycles. The smallest absolute Gasteiger partial charge is 0.237 e. The highest BCUT2D eigenvalue weighted by atomic mass is 16.2. The fourth-order valence-corrected chi connectivity index (χ4v) is 4.53. The summed E-state index contributed by atoms with van der Waals surface area (Å²) in [6.45, 7) is 2.99. The van der Waals surface area contributed by atoms with Gasteiger partial charge in [0.15, 0.2) is 0 Å². The summed E-state index contributed by atoms with van der Waals surface area (Å²) in [6.07, 6.45) is 5.69. The number of para-hydroxylation sites is 1. The van der Waals surface area contributed by atoms with E-state index in [1.165, 1.54) is 11.1 Å². The van der Waals surface area contributed by atoms with Gasteiger partial charge in [-0.3, -0.25) is 14.7 Å². The van der Waals surface area contributed by atoms with E-state index in [1.54, 1.807) is 4.90 Å². The summed E-state index contributed by atoms with van der Waals surface area (Å²) in [7, 11) is 2.16. The van der Waals surface area contributed by atoms with Crippen molar-refractivity contribution in [3.05, 3.63) is 36.5 Å². The average molecular weight is 377 g/mol. The maximum absolute atomic E-state index is 12.6. The van der Waals surface area contributed by atoms with Crippen molar-refractivity contribution in [2.24, 2.45) is 0 Å². The van der Waals surface area contributed by atoms with Crippen LogP contribution in [0.5, 0.6) is 0 Å². The Labute approximate surface area is 166 Å². The highest BCUT2D eigenvalue weighted by molar-refractivity contribution is 5.91. The van der Waals surface area contributed by atoms with Crippen molar-refractivity contribution in [3.8, 4) is 6.07 Å². The number of nitriles is 1. The number of rotatable bonds is 4. The minimum Gasteiger partial charge on any atom is -0.371 e. The van der Waals surface area contributed by atoms with Crippen LogP contribution < -0.4 is 4.90 Å². The summed E-state index contributed by atoms with van der Waals surface area (Å²) in [5.41, 5.74) is 2.24. The molecule has 4 rings (SSSR count). The predicted molar refractivity (Wildman–Crippen MR) is 110 cm³/mol. The molecule has 0 saturated carbocycles. The number of hydrogen-bond acceptors (Lipinski definition) is 5. The Bertz CT molecular complexity index is 879. The minimum absolute atomic E-state index is 0.107. The monoisotopic (exact) mass is 377 g/mol. The Kier molecular flexibility index (Phi) is 5.45. The van der Waals surface area contributed by atoms with E-state index in [1.807, 2.05) is 18.3 Å². The fourth-order valence-electron chi connectivity index (χ4n) is 4.53. The molecule has 2 saturated heterocycles. The Morgan fingerprint density at radius 3 is 2.79 bits per heavy atom. The first-order valence-corrected chi connectivity index (χ1v) is 10.2. The van der Waals surface area contributed by atoms with Crippen LogP contribution in [-0.2, 0) is 4.79 Å². The lowest BCUT2D eigenvalue weighted by atomic mass is 10.0. The van der Waals surface area contributed by atoms with Gasteiger partial charge in [-0.25, -0.2) is 0 Å². The number of benzene rings is 1. The van der Waals surface area contributed by atoms with E-state index < -0.39 is 0 Å². The van der Waals surface area contributed by atoms with Crippen molar-refractivity contribution in [3.63, 3.8) is 0 Å². The first kappa shape index (κ1) is 18.7. The number of pyridine rings is 1. The summed E-state index contributed by atoms with van der Waals surface area (Å²) in [5.74, 6) is 0.107. The van der Waals surface area contributed by atoms with Gasteiger partial charge >= 0.3 is 0 Å². The number of anilines is 1. The van der Waals surface area contributed by atoms with E-state index in [4.69, 9.17) is 0 Å². The van der Waals surface area contributed by atoms with Crippen LogP contribution in [0, 0.1) is 11.3 Å². The van der Waals surface area contributed by atoms with Crippen LogP contribution in [0.25, 0.3) is 10.9 Å². The largest absolute Gasteiger partial charge is 0.371 e. The molecule has 28 heavy (non-hydrogen) atoms. The first-order chi connectivity index (χ1) is 13.7. The van der Waals surface area contributed by atoms with Crippen molar-refractivity contribution >= 4 is 22.5 Å². The second-order valence-electron chi connectivity index (χ2n) is 7.84. The molecule has 2 fully saturated rings. The quantitative estimate of drug-likeness (QED) is 0.820. The molecule has 1 aromatic heterocycles. The lowest BCUT2D eigenvalue weighted by Crippen LogP contribution is -2.48. The molecule has 2 aromatic rings. The number of carbonyl (C=O) groups excluding carboxylic acids is 1. The number of nitrogens with zero attached hydrogens (tertiary/aromatic N) is 5. The second kappa shape index (κ2) is 8.15. The molecule has 146 valence electrons. The van der Waals surface area contributed by atoms with Crippen LogP contribution >= 0.6 is 0 Å². The lowest BCUT2D eigenvalue weighted by Gasteiger charge is -2.38. The van der Waals surface area contributed by atoms with Crippen molar-refractivity contribution in [2.45, 2.75) is 37.8 Å². The summed E-state index contributed by atoms with van der Waals surface area (Å²) in [4.78, 5) is 23.4. The number of piperidine rings is 1. The van der Waals surface area contributed by atoms with Crippen molar-refractivity contribution in [1.82, 2.24) is 14.8 Å². The zero-order chi connectivity index (χ0) is 19.5. The molecule has 2 aliphatic rings. The van der Waals surface area contributed by atoms with Crippen molar-refractivity contribution < 1.29 is 4.79 Å². The van der Waals surface area contributed by atoms with Gasteiger partial charge in [0.2, 0.25) is 5.91 Å². The summed E-state index contributed by atoms with van der Waals surface area (Å²) in [5, 5.41) is 10.4. The molecule has 1 atom stereocenters. The molecule has 0 bridgehead atoms. The van der Waals surface area contributed by atoms with Crippen LogP contribution in [0.15, 0.2) is 36.5 Å². The van der Waals surface area contributed by atoms with E-state index in [-0.39, 0.29) is 11.9 Å². The molecule has 1 amide bonds. The molecule has 3 heterocycles. The number of fused-ring (bicyclic) bond motifs is 1. The zero-order valence-electron chi connectivity index (χ0n) is 16.4. The van der Waals surface area contributed by atoms with Gasteiger partial charge < -0.3 is 9.80 Å². The number of hydrogen-bond donors (Lipinski definition) is 0. The molecule has 0 spiro atoms. The van der Waals surface area contributed by atoms with Gasteiger partial charge in [0, 0.05) is 50.0 Å². The van der Waals surface area contributed by atoms with Crippen LogP contribution in [0.2, 0.25) is 0 Å². The average Bonchev–Trinajstić information content (AvgIpc) is 3.22. The first-order valence-electron chi connectivity index (χ1n) is 10.2. The highest BCUT2D eigenvalue weighted by Crippen LogP contribution is 2.28. The molecule has 0 unspecified atom stereocenters. The molecular formula is C22H27N5O. The van der Waals surface area contributed by atoms with E-state index in [9.17, 15) is 10.1 Å². The minimum atomic E-state index is -0.226. The third kappa shape index (κ3) is 3.67. The summed E-state index contributed by atoms with van der Waals surface area (Å²) >= 11 is 0. The van der Waals surface area contributed by atoms with Crippen LogP contribution in [0.3, 0.4) is 0 Å². The molecule has 0 aliphatic carbocycles. The van der Waals surface area contributed by atoms with Crippen LogP contribution in [0.4, 0.5) is 5.69 Å². The molecule has 6 nitrogen and oxygen atoms in total. The maximum Gasteiger partial charge on any atom is 0.237 e. The van der Waals surface area contributed by atoms with Crippen LogP contribution in [0.1, 0.15) is 25.7 Å². The van der Waals surface area contributed by atoms with E-state index in [0.29, 0.717) is 12.6 Å². The topological polar surface area (TPSA) is 63.5 Å². The lowest BCUT2D eigenvalue weighted by molar-refractivity contribution is -0.132. The number of carbonyl (C=O) groups is 1. The van der Waals surface area contributed by atoms with Gasteiger partial charge in [0.25, 0.3) is 0 Å². The maximum atomic E-state index is 12.6. The molecular weight excluding hydrogens is 350 g/mol. The van der Waals surface area contributed by atoms with E-state index in [0.717, 1.165) is 50.8 Å². The zero-order valence-corrected chi connectivity index (χ0v) is 16.4. The second-order valence-corrected chi connectivity index (χ2v) is 7.84. The third-order valence-electron chi connectivity index (χ3n) is 6.19. The van der Waals surface area contributed by atoms with Crippen LogP contribution in [-0.4, -0.2) is 66.0 Å². The summed E-state index contributed by atoms with van der Waals surface area (Å²) < 4.78 is 0. The third-order valence-corrected chi connectivity index (χ3v) is 6.19. The van der Waals surface area contributed by atoms with E-state index >= 15 is 0 Å². The normalized spacial score (nSPS) is 21.0. The Balaban J connectivity index is 1.36. The number of likely N-dealkylation sites (tertiary alicyclic amines) is 2. The Hall–Kier alpha value is -2.65. The Morgan fingerprint density at radius 2 is 2.00 bits per heavy atom. The number of aromatic nitrogens is 1. The van der Waals surface area contributed by atoms with Crippen molar-refractivity contribution in [2.75, 3.05) is 38.1 Å². The predicted octanol–water partition coefficient (Wildman–Crippen LogP) is 2.65. The highest BCUT2D eigenvalue weighted by Gasteiger charge is 2.31. The van der Waals surface area contributed by atoms with Gasteiger partial charge in [0.1, 0.15) is 6.04 Å². The molecule has 0 radical (unpaired) electrons. The van der Waals surface area contributed by atoms with Crippen molar-refractivity contribution in [1.29, 1.82) is 5.26 Å². The standard InChI is InChI=1S/C22H27N5O/c1-25(21-8-11-24-20-7-3-2-6-19(20)21)17-9-13-26(14-10-17)16-22(28)27-12-4-5-18(27)15-23/h2-3,6-8,11,17-18H,4-5,9-10,12-14,16H2,1H3/t18-/m0/s1. The molecule has 1 aromatic carbocycles. The van der Waals surface area contributed by atoms with Gasteiger partial charge in [-0.1, -0.05) is 18.2 Å². The Morgan fingerprint density at radius 1 is 1.21 bits per heavy atom. The van der Waals surface area contributed by atoms with Gasteiger partial charge in [0.05, 0.1) is 18.1 Å². The van der Waals surface area contributed by atoms with E-state index in [2.05, 4.69) is 46.1 Å². The SMILES string of the molecule is CN(c1ccnc2ccccc12)C1CCN(CC(=O)N2CCC[C@H]2C#N)CC1. The van der Waals surface area contributed by atoms with Gasteiger partial charge in [-0.2, -0.15) is 5.26 Å². The van der Waals surface area contributed by atoms with Gasteiger partial charge in [-0.05, 0) is 37.8 Å². The molecule has 0 N–H and O–H groups in total. The number of amides is 1. The fraction of sp³-hybridized carbons (Fsp3) is 0.500. The summed E-state index contributed by atoms with van der Waals surface area (Å²) in [6, 6.07) is 12.8.